The average molecular weight is 181 g/mol. The second kappa shape index (κ2) is 4.71. The molecule has 0 aliphatic rings. The van der Waals surface area contributed by atoms with Gasteiger partial charge in [-0.25, -0.2) is 9.35 Å². The van der Waals surface area contributed by atoms with E-state index in [1.54, 1.807) is 0 Å². The lowest BCUT2D eigenvalue weighted by Crippen LogP contribution is -2.15. The summed E-state index contributed by atoms with van der Waals surface area (Å²) in [7, 11) is -3.18. The fourth-order valence-corrected chi connectivity index (χ4v) is 0.955. The van der Waals surface area contributed by atoms with Crippen molar-refractivity contribution in [2.24, 2.45) is 5.14 Å². The van der Waals surface area contributed by atoms with E-state index in [0.29, 0.717) is 13.0 Å². The van der Waals surface area contributed by atoms with Crippen LogP contribution >= 0.6 is 0 Å². The third kappa shape index (κ3) is 9.90. The molecule has 0 aromatic carbocycles. The van der Waals surface area contributed by atoms with E-state index in [0.717, 1.165) is 5.37 Å². The third-order valence-electron chi connectivity index (χ3n) is 0.926. The summed E-state index contributed by atoms with van der Waals surface area (Å²) < 4.78 is 24.1. The monoisotopic (exact) mass is 181 g/mol. The molecule has 0 amide bonds. The second-order valence-electron chi connectivity index (χ2n) is 2.49. The first-order valence-corrected chi connectivity index (χ1v) is 5.05. The Morgan fingerprint density at radius 1 is 1.73 bits per heavy atom. The van der Waals surface area contributed by atoms with Gasteiger partial charge < -0.3 is 9.29 Å². The van der Waals surface area contributed by atoms with Crippen molar-refractivity contribution in [2.45, 2.75) is 26.4 Å². The van der Waals surface area contributed by atoms with Gasteiger partial charge >= 0.3 is 0 Å². The molecule has 1 atom stereocenters. The van der Waals surface area contributed by atoms with Gasteiger partial charge in [-0.15, -0.1) is 0 Å². The standard InChI is InChI=1S/C6H15NO3S/c1-6(2)10-4-3-5-11(7,8)9/h5-6H,3-4H2,1-2H3,(H3,7,8,9). The molecule has 0 rings (SSSR count). The molecule has 0 saturated carbocycles. The first-order valence-electron chi connectivity index (χ1n) is 3.41. The predicted molar refractivity (Wildman–Crippen MR) is 46.7 cm³/mol. The minimum atomic E-state index is -3.18. The van der Waals surface area contributed by atoms with Gasteiger partial charge in [0.05, 0.1) is 12.7 Å². The maximum Gasteiger partial charge on any atom is 0.138 e. The highest BCUT2D eigenvalue weighted by atomic mass is 32.2. The van der Waals surface area contributed by atoms with Crippen molar-refractivity contribution in [2.75, 3.05) is 6.61 Å². The Labute approximate surface area is 67.7 Å². The van der Waals surface area contributed by atoms with Crippen LogP contribution in [0.2, 0.25) is 0 Å². The van der Waals surface area contributed by atoms with E-state index in [9.17, 15) is 4.21 Å². The molecule has 0 aromatic heterocycles. The van der Waals surface area contributed by atoms with E-state index in [1.165, 1.54) is 0 Å². The number of rotatable bonds is 4. The zero-order valence-electron chi connectivity index (χ0n) is 6.82. The molecule has 0 bridgehead atoms. The summed E-state index contributed by atoms with van der Waals surface area (Å²) in [6.07, 6.45) is 0.556. The second-order valence-corrected chi connectivity index (χ2v) is 4.05. The Morgan fingerprint density at radius 2 is 2.27 bits per heavy atom. The predicted octanol–water partition coefficient (Wildman–Crippen LogP) is 0.235. The van der Waals surface area contributed by atoms with Crippen LogP contribution in [-0.2, 0) is 14.7 Å². The Bertz CT molecular complexity index is 198. The highest BCUT2D eigenvalue weighted by molar-refractivity contribution is 7.93. The molecule has 3 N–H and O–H groups in total. The van der Waals surface area contributed by atoms with Gasteiger partial charge in [-0.1, -0.05) is 0 Å². The summed E-state index contributed by atoms with van der Waals surface area (Å²) in [5.41, 5.74) is 0. The summed E-state index contributed by atoms with van der Waals surface area (Å²) >= 11 is 0. The van der Waals surface area contributed by atoms with E-state index in [-0.39, 0.29) is 6.10 Å². The molecule has 0 fully saturated rings. The van der Waals surface area contributed by atoms with Gasteiger partial charge in [0.2, 0.25) is 0 Å². The Morgan fingerprint density at radius 3 is 2.64 bits per heavy atom. The number of ether oxygens (including phenoxy) is 1. The normalized spacial score (nSPS) is 16.5. The zero-order valence-corrected chi connectivity index (χ0v) is 7.63. The number of hydrogen-bond donors (Lipinski definition) is 2. The van der Waals surface area contributed by atoms with E-state index in [2.05, 4.69) is 0 Å². The van der Waals surface area contributed by atoms with Crippen molar-refractivity contribution < 1.29 is 13.5 Å². The highest BCUT2D eigenvalue weighted by Crippen LogP contribution is 1.88. The summed E-state index contributed by atoms with van der Waals surface area (Å²) in [5.74, 6) is 0. The van der Waals surface area contributed by atoms with Gasteiger partial charge in [0, 0.05) is 5.37 Å². The van der Waals surface area contributed by atoms with Crippen LogP contribution in [0.5, 0.6) is 0 Å². The van der Waals surface area contributed by atoms with Crippen LogP contribution in [0, 0.1) is 0 Å². The maximum absolute atomic E-state index is 10.5. The topological polar surface area (TPSA) is 72.5 Å². The van der Waals surface area contributed by atoms with Gasteiger partial charge in [0.25, 0.3) is 0 Å². The molecule has 0 aromatic rings. The van der Waals surface area contributed by atoms with Crippen LogP contribution in [0.1, 0.15) is 20.3 Å². The summed E-state index contributed by atoms with van der Waals surface area (Å²) in [5, 5.41) is 5.99. The lowest BCUT2D eigenvalue weighted by molar-refractivity contribution is 0.0852. The molecular formula is C6H15NO3S. The Kier molecular flexibility index (Phi) is 4.67. The maximum atomic E-state index is 10.5. The molecule has 11 heavy (non-hydrogen) atoms. The van der Waals surface area contributed by atoms with E-state index in [4.69, 9.17) is 14.4 Å². The van der Waals surface area contributed by atoms with Crippen molar-refractivity contribution in [3.63, 3.8) is 0 Å². The summed E-state index contributed by atoms with van der Waals surface area (Å²) in [4.78, 5) is 0. The minimum absolute atomic E-state index is 0.149. The van der Waals surface area contributed by atoms with E-state index in [1.807, 2.05) is 13.8 Å². The van der Waals surface area contributed by atoms with Crippen LogP contribution in [0.15, 0.2) is 0 Å². The van der Waals surface area contributed by atoms with Crippen molar-refractivity contribution in [3.05, 3.63) is 0 Å². The molecule has 0 aliphatic carbocycles. The zero-order chi connectivity index (χ0) is 8.91. The first kappa shape index (κ1) is 10.9. The molecule has 1 unspecified atom stereocenters. The van der Waals surface area contributed by atoms with Crippen LogP contribution in [0.3, 0.4) is 0 Å². The van der Waals surface area contributed by atoms with Crippen molar-refractivity contribution in [1.29, 1.82) is 0 Å². The first-order chi connectivity index (χ1) is 4.92. The fraction of sp³-hybridized carbons (Fsp3) is 0.833. The quantitative estimate of drug-likeness (QED) is 0.482. The van der Waals surface area contributed by atoms with Crippen LogP contribution < -0.4 is 5.14 Å². The largest absolute Gasteiger partial charge is 0.378 e. The number of nitrogens with two attached hydrogens (primary N) is 1. The van der Waals surface area contributed by atoms with E-state index < -0.39 is 9.99 Å². The molecule has 4 nitrogen and oxygen atoms in total. The lowest BCUT2D eigenvalue weighted by Gasteiger charge is -2.04. The molecule has 0 spiro atoms. The molecule has 0 radical (unpaired) electrons. The highest BCUT2D eigenvalue weighted by Gasteiger charge is 1.93. The van der Waals surface area contributed by atoms with Crippen LogP contribution in [0.4, 0.5) is 0 Å². The summed E-state index contributed by atoms with van der Waals surface area (Å²) in [6, 6.07) is 0. The molecule has 0 heterocycles. The molecule has 0 saturated heterocycles. The third-order valence-corrected chi connectivity index (χ3v) is 1.64. The van der Waals surface area contributed by atoms with Crippen molar-refractivity contribution >= 4 is 15.4 Å². The smallest absolute Gasteiger partial charge is 0.138 e. The number of hydrogen-bond acceptors (Lipinski definition) is 2. The van der Waals surface area contributed by atoms with Gasteiger partial charge in [-0.3, -0.25) is 0 Å². The van der Waals surface area contributed by atoms with Gasteiger partial charge in [0.15, 0.2) is 0 Å². The molecule has 68 valence electrons. The SMILES string of the molecule is CC(C)OCCC=S(N)(=O)O. The molecule has 5 heteroatoms. The van der Waals surface area contributed by atoms with Crippen LogP contribution in [-0.4, -0.2) is 26.8 Å². The lowest BCUT2D eigenvalue weighted by atomic mass is 10.4. The van der Waals surface area contributed by atoms with Crippen LogP contribution in [0.25, 0.3) is 0 Å². The van der Waals surface area contributed by atoms with Gasteiger partial charge in [-0.2, -0.15) is 0 Å². The summed E-state index contributed by atoms with van der Waals surface area (Å²) in [6.45, 7) is 4.24. The van der Waals surface area contributed by atoms with Crippen molar-refractivity contribution in [3.8, 4) is 0 Å². The molecular weight excluding hydrogens is 166 g/mol. The van der Waals surface area contributed by atoms with Gasteiger partial charge in [-0.05, 0) is 20.3 Å². The Balaban J connectivity index is 3.51. The van der Waals surface area contributed by atoms with Gasteiger partial charge in [0.1, 0.15) is 9.99 Å². The fourth-order valence-electron chi connectivity index (χ4n) is 0.521. The van der Waals surface area contributed by atoms with Crippen molar-refractivity contribution in [1.82, 2.24) is 0 Å². The Hall–Kier alpha value is -0.100. The average Bonchev–Trinajstić information content (AvgIpc) is 1.78. The van der Waals surface area contributed by atoms with E-state index >= 15 is 0 Å². The minimum Gasteiger partial charge on any atom is -0.378 e. The molecule has 0 aliphatic heterocycles.